The van der Waals surface area contributed by atoms with Gasteiger partial charge in [0, 0.05) is 13.2 Å². The molecule has 2 rings (SSSR count). The Kier molecular flexibility index (Phi) is 5.60. The quantitative estimate of drug-likeness (QED) is 0.618. The highest BCUT2D eigenvalue weighted by Crippen LogP contribution is 2.28. The van der Waals surface area contributed by atoms with Gasteiger partial charge in [0.25, 0.3) is 5.91 Å². The number of aryl methyl sites for hydroxylation is 1. The molecule has 0 spiro atoms. The minimum absolute atomic E-state index is 0.0924. The number of carbonyl (C=O) groups is 1. The number of nitrogens with one attached hydrogen (secondary N) is 1. The summed E-state index contributed by atoms with van der Waals surface area (Å²) in [6.45, 7) is 3.64. The number of aliphatic hydroxyl groups excluding tert-OH is 1. The van der Waals surface area contributed by atoms with Gasteiger partial charge in [-0.3, -0.25) is 4.79 Å². The van der Waals surface area contributed by atoms with Crippen LogP contribution in [0.15, 0.2) is 6.07 Å². The number of amides is 1. The van der Waals surface area contributed by atoms with Crippen LogP contribution in [-0.4, -0.2) is 37.4 Å². The molecule has 1 aromatic rings. The van der Waals surface area contributed by atoms with Crippen molar-refractivity contribution in [2.75, 3.05) is 26.4 Å². The van der Waals surface area contributed by atoms with Gasteiger partial charge in [-0.1, -0.05) is 11.8 Å². The molecular formula is C15H19NO3S. The summed E-state index contributed by atoms with van der Waals surface area (Å²) in [5.41, 5.74) is 0.964. The van der Waals surface area contributed by atoms with Crippen LogP contribution in [0.3, 0.4) is 0 Å². The monoisotopic (exact) mass is 293 g/mol. The van der Waals surface area contributed by atoms with Crippen LogP contribution in [-0.2, 0) is 4.74 Å². The van der Waals surface area contributed by atoms with Crippen molar-refractivity contribution in [3.8, 4) is 11.8 Å². The molecule has 1 aliphatic carbocycles. The van der Waals surface area contributed by atoms with Crippen LogP contribution < -0.4 is 5.32 Å². The molecule has 0 saturated heterocycles. The number of hydrogen-bond donors (Lipinski definition) is 2. The number of aliphatic hydroxyl groups is 1. The first-order chi connectivity index (χ1) is 9.70. The molecule has 0 radical (unpaired) electrons. The standard InChI is InChI=1S/C15H19NO3S/c1-11-9-14(20-13(11)3-2-7-17)15(18)16-6-8-19-10-12-4-5-12/h9,12,17H,4-8,10H2,1H3,(H,16,18). The van der Waals surface area contributed by atoms with Gasteiger partial charge in [0.15, 0.2) is 0 Å². The van der Waals surface area contributed by atoms with Gasteiger partial charge in [-0.2, -0.15) is 0 Å². The maximum atomic E-state index is 11.9. The minimum atomic E-state index is -0.169. The van der Waals surface area contributed by atoms with Crippen molar-refractivity contribution in [1.82, 2.24) is 5.32 Å². The highest BCUT2D eigenvalue weighted by molar-refractivity contribution is 7.14. The van der Waals surface area contributed by atoms with Crippen LogP contribution in [0.25, 0.3) is 0 Å². The number of ether oxygens (including phenoxy) is 1. The molecule has 1 aliphatic rings. The van der Waals surface area contributed by atoms with Crippen molar-refractivity contribution < 1.29 is 14.6 Å². The average molecular weight is 293 g/mol. The third-order valence-electron chi connectivity index (χ3n) is 3.00. The Balaban J connectivity index is 1.76. The first kappa shape index (κ1) is 15.0. The van der Waals surface area contributed by atoms with E-state index in [0.29, 0.717) is 18.0 Å². The molecule has 0 bridgehead atoms. The summed E-state index contributed by atoms with van der Waals surface area (Å²) >= 11 is 1.35. The molecule has 108 valence electrons. The molecule has 20 heavy (non-hydrogen) atoms. The number of hydrogen-bond acceptors (Lipinski definition) is 4. The maximum Gasteiger partial charge on any atom is 0.261 e. The molecule has 2 N–H and O–H groups in total. The van der Waals surface area contributed by atoms with E-state index in [0.717, 1.165) is 23.0 Å². The summed E-state index contributed by atoms with van der Waals surface area (Å²) in [5.74, 6) is 6.10. The maximum absolute atomic E-state index is 11.9. The predicted molar refractivity (Wildman–Crippen MR) is 78.9 cm³/mol. The largest absolute Gasteiger partial charge is 0.384 e. The van der Waals surface area contributed by atoms with Gasteiger partial charge in [0.1, 0.15) is 6.61 Å². The zero-order chi connectivity index (χ0) is 14.4. The fourth-order valence-electron chi connectivity index (χ4n) is 1.70. The average Bonchev–Trinajstić information content (AvgIpc) is 3.18. The van der Waals surface area contributed by atoms with E-state index in [9.17, 15) is 4.79 Å². The van der Waals surface area contributed by atoms with Gasteiger partial charge in [-0.25, -0.2) is 0 Å². The van der Waals surface area contributed by atoms with Gasteiger partial charge in [-0.05, 0) is 37.3 Å². The molecule has 1 aromatic heterocycles. The first-order valence-corrected chi connectivity index (χ1v) is 7.58. The molecule has 0 unspecified atom stereocenters. The van der Waals surface area contributed by atoms with Crippen LogP contribution >= 0.6 is 11.3 Å². The van der Waals surface area contributed by atoms with Crippen LogP contribution in [0, 0.1) is 24.7 Å². The molecule has 1 saturated carbocycles. The third kappa shape index (κ3) is 4.64. The molecule has 0 atom stereocenters. The lowest BCUT2D eigenvalue weighted by molar-refractivity contribution is 0.0910. The SMILES string of the molecule is Cc1cc(C(=O)NCCOCC2CC2)sc1C#CCO. The zero-order valence-corrected chi connectivity index (χ0v) is 12.4. The summed E-state index contributed by atoms with van der Waals surface area (Å²) in [7, 11) is 0. The lowest BCUT2D eigenvalue weighted by Gasteiger charge is -2.04. The molecule has 0 aliphatic heterocycles. The van der Waals surface area contributed by atoms with Crippen molar-refractivity contribution in [1.29, 1.82) is 0 Å². The Morgan fingerprint density at radius 2 is 2.40 bits per heavy atom. The smallest absolute Gasteiger partial charge is 0.261 e. The second kappa shape index (κ2) is 7.44. The van der Waals surface area contributed by atoms with Crippen LogP contribution in [0.4, 0.5) is 0 Å². The van der Waals surface area contributed by atoms with Crippen molar-refractivity contribution in [2.45, 2.75) is 19.8 Å². The van der Waals surface area contributed by atoms with Crippen molar-refractivity contribution >= 4 is 17.2 Å². The first-order valence-electron chi connectivity index (χ1n) is 6.77. The summed E-state index contributed by atoms with van der Waals surface area (Å²) < 4.78 is 5.46. The highest BCUT2D eigenvalue weighted by atomic mass is 32.1. The minimum Gasteiger partial charge on any atom is -0.384 e. The summed E-state index contributed by atoms with van der Waals surface area (Å²) in [4.78, 5) is 13.4. The molecule has 0 aromatic carbocycles. The molecule has 1 amide bonds. The molecule has 1 heterocycles. The van der Waals surface area contributed by atoms with E-state index in [2.05, 4.69) is 17.2 Å². The second-order valence-electron chi connectivity index (χ2n) is 4.86. The van der Waals surface area contributed by atoms with Crippen LogP contribution in [0.2, 0.25) is 0 Å². The van der Waals surface area contributed by atoms with Crippen LogP contribution in [0.1, 0.15) is 33.0 Å². The molecular weight excluding hydrogens is 274 g/mol. The fourth-order valence-corrected chi connectivity index (χ4v) is 2.66. The lowest BCUT2D eigenvalue weighted by atomic mass is 10.2. The molecule has 4 nitrogen and oxygen atoms in total. The van der Waals surface area contributed by atoms with Gasteiger partial charge in [0.05, 0.1) is 16.4 Å². The number of thiophene rings is 1. The molecule has 5 heteroatoms. The topological polar surface area (TPSA) is 58.6 Å². The van der Waals surface area contributed by atoms with Crippen molar-refractivity contribution in [3.05, 3.63) is 21.4 Å². The molecule has 1 fully saturated rings. The highest BCUT2D eigenvalue weighted by Gasteiger charge is 2.20. The second-order valence-corrected chi connectivity index (χ2v) is 5.91. The lowest BCUT2D eigenvalue weighted by Crippen LogP contribution is -2.26. The Hall–Kier alpha value is -1.35. The third-order valence-corrected chi connectivity index (χ3v) is 4.16. The van der Waals surface area contributed by atoms with E-state index in [1.54, 1.807) is 0 Å². The van der Waals surface area contributed by atoms with E-state index >= 15 is 0 Å². The number of carbonyl (C=O) groups excluding carboxylic acids is 1. The van der Waals surface area contributed by atoms with E-state index in [-0.39, 0.29) is 12.5 Å². The van der Waals surface area contributed by atoms with E-state index < -0.39 is 0 Å². The Labute approximate surface area is 123 Å². The van der Waals surface area contributed by atoms with Gasteiger partial charge < -0.3 is 15.2 Å². The zero-order valence-electron chi connectivity index (χ0n) is 11.6. The van der Waals surface area contributed by atoms with Crippen molar-refractivity contribution in [2.24, 2.45) is 5.92 Å². The van der Waals surface area contributed by atoms with Gasteiger partial charge >= 0.3 is 0 Å². The van der Waals surface area contributed by atoms with Crippen LogP contribution in [0.5, 0.6) is 0 Å². The number of rotatable bonds is 6. The van der Waals surface area contributed by atoms with E-state index in [4.69, 9.17) is 9.84 Å². The van der Waals surface area contributed by atoms with Gasteiger partial charge in [-0.15, -0.1) is 11.3 Å². The summed E-state index contributed by atoms with van der Waals surface area (Å²) in [6.07, 6.45) is 2.55. The summed E-state index contributed by atoms with van der Waals surface area (Å²) in [5, 5.41) is 11.5. The predicted octanol–water partition coefficient (Wildman–Crippen LogP) is 1.56. The normalized spacial score (nSPS) is 13.7. The Morgan fingerprint density at radius 3 is 3.10 bits per heavy atom. The van der Waals surface area contributed by atoms with Crippen molar-refractivity contribution in [3.63, 3.8) is 0 Å². The Morgan fingerprint density at radius 1 is 1.60 bits per heavy atom. The van der Waals surface area contributed by atoms with Gasteiger partial charge in [0.2, 0.25) is 0 Å². The Bertz CT molecular complexity index is 523. The fraction of sp³-hybridized carbons (Fsp3) is 0.533. The van der Waals surface area contributed by atoms with E-state index in [1.165, 1.54) is 24.2 Å². The van der Waals surface area contributed by atoms with E-state index in [1.807, 2.05) is 13.0 Å². The summed E-state index contributed by atoms with van der Waals surface area (Å²) in [6, 6.07) is 1.83.